The van der Waals surface area contributed by atoms with Crippen molar-refractivity contribution in [2.75, 3.05) is 43.2 Å². The summed E-state index contributed by atoms with van der Waals surface area (Å²) in [4.78, 5) is 24.4. The zero-order valence-corrected chi connectivity index (χ0v) is 25.1. The lowest BCUT2D eigenvalue weighted by molar-refractivity contribution is -0.383. The van der Waals surface area contributed by atoms with Crippen LogP contribution in [0.1, 0.15) is 57.8 Å². The lowest BCUT2D eigenvalue weighted by atomic mass is 10.2. The number of nitriles is 1. The van der Waals surface area contributed by atoms with Gasteiger partial charge in [-0.15, -0.1) is 0 Å². The molecule has 0 radical (unpaired) electrons. The number of hydrogen-bond donors (Lipinski definition) is 0. The van der Waals surface area contributed by atoms with Crippen LogP contribution in [0.25, 0.3) is 0 Å². The highest BCUT2D eigenvalue weighted by Crippen LogP contribution is 2.39. The van der Waals surface area contributed by atoms with Crippen molar-refractivity contribution >= 4 is 25.6 Å². The van der Waals surface area contributed by atoms with Crippen LogP contribution >= 0.6 is 0 Å². The second-order valence-electron chi connectivity index (χ2n) is 11.6. The van der Waals surface area contributed by atoms with Crippen molar-refractivity contribution < 1.29 is 14.1 Å². The van der Waals surface area contributed by atoms with E-state index in [9.17, 15) is 15.4 Å². The van der Waals surface area contributed by atoms with E-state index in [1.807, 2.05) is 53.2 Å². The molecule has 0 atom stereocenters. The zero-order valence-electron chi connectivity index (χ0n) is 24.1. The molecule has 0 saturated heterocycles. The van der Waals surface area contributed by atoms with Crippen LogP contribution in [0.2, 0.25) is 18.1 Å². The summed E-state index contributed by atoms with van der Waals surface area (Å²) < 4.78 is 12.3. The lowest BCUT2D eigenvalue weighted by Crippen LogP contribution is -2.43. The maximum atomic E-state index is 12.5. The van der Waals surface area contributed by atoms with E-state index in [1.165, 1.54) is 0 Å². The Hall–Kier alpha value is -3.07. The number of hydrogen-bond acceptors (Lipinski definition) is 9. The molecule has 0 bridgehead atoms. The van der Waals surface area contributed by atoms with Gasteiger partial charge < -0.3 is 19.0 Å². The summed E-state index contributed by atoms with van der Waals surface area (Å²) in [6, 6.07) is 12.0. The monoisotopic (exact) mass is 554 g/mol. The van der Waals surface area contributed by atoms with E-state index in [2.05, 4.69) is 43.8 Å². The second kappa shape index (κ2) is 13.3. The first-order valence-corrected chi connectivity index (χ1v) is 16.6. The van der Waals surface area contributed by atoms with Crippen molar-refractivity contribution in [3.05, 3.63) is 51.8 Å². The molecule has 0 aliphatic heterocycles. The van der Waals surface area contributed by atoms with Gasteiger partial charge in [0.1, 0.15) is 6.07 Å². The van der Waals surface area contributed by atoms with Crippen LogP contribution in [0.3, 0.4) is 0 Å². The van der Waals surface area contributed by atoms with E-state index >= 15 is 0 Å². The third kappa shape index (κ3) is 7.97. The number of rotatable bonds is 13. The molecule has 1 aliphatic rings. The van der Waals surface area contributed by atoms with Gasteiger partial charge in [-0.25, -0.2) is 0 Å². The van der Waals surface area contributed by atoms with Crippen LogP contribution in [0.4, 0.5) is 17.3 Å². The smallest absolute Gasteiger partial charge is 0.353 e. The average molecular weight is 555 g/mol. The zero-order chi connectivity index (χ0) is 28.6. The fraction of sp³-hybridized carbons (Fsp3) is 0.607. The highest BCUT2D eigenvalue weighted by molar-refractivity contribution is 6.74. The molecular weight excluding hydrogens is 512 g/mol. The summed E-state index contributed by atoms with van der Waals surface area (Å²) in [6.07, 6.45) is 4.02. The van der Waals surface area contributed by atoms with Crippen LogP contribution in [-0.2, 0) is 15.8 Å². The van der Waals surface area contributed by atoms with Gasteiger partial charge in [-0.1, -0.05) is 63.9 Å². The Kier molecular flexibility index (Phi) is 10.4. The molecule has 11 heteroatoms. The van der Waals surface area contributed by atoms with Crippen molar-refractivity contribution in [3.63, 3.8) is 0 Å². The Bertz CT molecular complexity index is 1140. The van der Waals surface area contributed by atoms with Crippen molar-refractivity contribution in [2.24, 2.45) is 0 Å². The largest absolute Gasteiger partial charge is 0.415 e. The van der Waals surface area contributed by atoms with Crippen molar-refractivity contribution in [1.29, 1.82) is 5.26 Å². The highest BCUT2D eigenvalue weighted by atomic mass is 28.4. The third-order valence-electron chi connectivity index (χ3n) is 7.88. The van der Waals surface area contributed by atoms with Gasteiger partial charge in [0, 0.05) is 26.2 Å². The molecule has 1 aliphatic carbocycles. The lowest BCUT2D eigenvalue weighted by Gasteiger charge is -2.37. The molecule has 39 heavy (non-hydrogen) atoms. The molecule has 1 fully saturated rings. The van der Waals surface area contributed by atoms with Gasteiger partial charge in [-0.3, -0.25) is 10.1 Å². The van der Waals surface area contributed by atoms with E-state index in [-0.39, 0.29) is 34.2 Å². The van der Waals surface area contributed by atoms with Crippen molar-refractivity contribution in [1.82, 2.24) is 9.97 Å². The molecule has 1 aromatic heterocycles. The highest BCUT2D eigenvalue weighted by Gasteiger charge is 2.38. The summed E-state index contributed by atoms with van der Waals surface area (Å²) in [5.74, 6) is 0.235. The van der Waals surface area contributed by atoms with Crippen LogP contribution in [0, 0.1) is 21.4 Å². The Morgan fingerprint density at radius 3 is 2.31 bits per heavy atom. The molecule has 212 valence electrons. The van der Waals surface area contributed by atoms with Crippen LogP contribution in [0.5, 0.6) is 0 Å². The normalized spacial score (nSPS) is 14.3. The first-order chi connectivity index (χ1) is 18.4. The van der Waals surface area contributed by atoms with Gasteiger partial charge >= 0.3 is 5.69 Å². The summed E-state index contributed by atoms with van der Waals surface area (Å²) in [5, 5.41) is 22.2. The number of nitro groups is 1. The molecule has 0 spiro atoms. The van der Waals surface area contributed by atoms with Gasteiger partial charge in [0.25, 0.3) is 0 Å². The van der Waals surface area contributed by atoms with Crippen LogP contribution in [-0.4, -0.2) is 62.6 Å². The minimum absolute atomic E-state index is 0.0304. The van der Waals surface area contributed by atoms with E-state index in [0.29, 0.717) is 32.9 Å². The van der Waals surface area contributed by atoms with E-state index in [4.69, 9.17) is 9.16 Å². The summed E-state index contributed by atoms with van der Waals surface area (Å²) in [6.45, 7) is 12.7. The fourth-order valence-corrected chi connectivity index (χ4v) is 5.50. The molecule has 10 nitrogen and oxygen atoms in total. The van der Waals surface area contributed by atoms with Crippen LogP contribution < -0.4 is 9.80 Å². The first kappa shape index (κ1) is 30.5. The number of ether oxygens (including phenoxy) is 1. The van der Waals surface area contributed by atoms with Gasteiger partial charge in [0.05, 0.1) is 24.7 Å². The molecule has 1 heterocycles. The third-order valence-corrected chi connectivity index (χ3v) is 12.4. The predicted molar refractivity (Wildman–Crippen MR) is 156 cm³/mol. The van der Waals surface area contributed by atoms with Gasteiger partial charge in [0.2, 0.25) is 17.5 Å². The Labute approximate surface area is 233 Å². The molecule has 0 amide bonds. The summed E-state index contributed by atoms with van der Waals surface area (Å²) in [5.41, 5.74) is 0.865. The van der Waals surface area contributed by atoms with Gasteiger partial charge in [0.15, 0.2) is 8.32 Å². The Morgan fingerprint density at radius 2 is 1.72 bits per heavy atom. The predicted octanol–water partition coefficient (Wildman–Crippen LogP) is 5.68. The quantitative estimate of drug-likeness (QED) is 0.133. The van der Waals surface area contributed by atoms with Gasteiger partial charge in [-0.05, 0) is 36.5 Å². The maximum absolute atomic E-state index is 12.5. The summed E-state index contributed by atoms with van der Waals surface area (Å²) >= 11 is 0. The maximum Gasteiger partial charge on any atom is 0.353 e. The molecule has 2 aromatic rings. The summed E-state index contributed by atoms with van der Waals surface area (Å²) in [7, 11) is -0.216. The SMILES string of the molecule is CN(c1nc(C#N)nc(N(CCOCc2ccccc2)CCO[Si](C)(C)C(C)(C)C)c1[N+](=O)[O-])C1CCCC1. The topological polar surface area (TPSA) is 118 Å². The minimum atomic E-state index is -2.04. The first-order valence-electron chi connectivity index (χ1n) is 13.6. The molecule has 3 rings (SSSR count). The second-order valence-corrected chi connectivity index (χ2v) is 16.4. The van der Waals surface area contributed by atoms with E-state index < -0.39 is 13.2 Å². The molecule has 1 saturated carbocycles. The Morgan fingerprint density at radius 1 is 1.10 bits per heavy atom. The average Bonchev–Trinajstić information content (AvgIpc) is 3.43. The molecule has 0 N–H and O–H groups in total. The van der Waals surface area contributed by atoms with Crippen molar-refractivity contribution in [3.8, 4) is 6.07 Å². The number of anilines is 2. The number of aromatic nitrogens is 2. The number of benzene rings is 1. The van der Waals surface area contributed by atoms with E-state index in [1.54, 1.807) is 0 Å². The van der Waals surface area contributed by atoms with Crippen LogP contribution in [0.15, 0.2) is 30.3 Å². The fourth-order valence-electron chi connectivity index (χ4n) is 4.47. The molecule has 1 aromatic carbocycles. The van der Waals surface area contributed by atoms with Crippen molar-refractivity contribution in [2.45, 2.75) is 77.2 Å². The molecular formula is C28H42N6O4Si. The minimum Gasteiger partial charge on any atom is -0.415 e. The standard InChI is InChI=1S/C28H42N6O4Si/c1-28(2,3)39(5,6)38-19-17-33(16-18-37-21-22-12-8-7-9-13-22)27-25(34(35)36)26(30-24(20-29)31-27)32(4)23-14-10-11-15-23/h7-9,12-13,23H,10-11,14-19,21H2,1-6H3. The number of nitrogens with zero attached hydrogens (tertiary/aromatic N) is 6. The molecule has 0 unspecified atom stereocenters. The van der Waals surface area contributed by atoms with E-state index in [0.717, 1.165) is 31.2 Å². The van der Waals surface area contributed by atoms with Gasteiger partial charge in [-0.2, -0.15) is 15.2 Å². The Balaban J connectivity index is 1.91.